The van der Waals surface area contributed by atoms with Crippen LogP contribution in [0.15, 0.2) is 72.8 Å². The molecule has 0 saturated carbocycles. The van der Waals surface area contributed by atoms with Gasteiger partial charge in [-0.15, -0.1) is 0 Å². The van der Waals surface area contributed by atoms with Crippen LogP contribution in [0, 0.1) is 6.92 Å². The van der Waals surface area contributed by atoms with Gasteiger partial charge in [0.15, 0.2) is 11.5 Å². The predicted octanol–water partition coefficient (Wildman–Crippen LogP) is 4.05. The van der Waals surface area contributed by atoms with E-state index in [-0.39, 0.29) is 37.1 Å². The van der Waals surface area contributed by atoms with Crippen LogP contribution in [0.2, 0.25) is 0 Å². The maximum Gasteiger partial charge on any atom is 0.244 e. The van der Waals surface area contributed by atoms with Gasteiger partial charge in [0.2, 0.25) is 28.6 Å². The molecule has 3 aromatic carbocycles. The Hall–Kier alpha value is -4.05. The number of nitrogens with zero attached hydrogens (tertiary/aromatic N) is 2. The molecule has 1 atom stereocenters. The van der Waals surface area contributed by atoms with E-state index in [0.717, 1.165) is 27.4 Å². The zero-order valence-electron chi connectivity index (χ0n) is 23.7. The van der Waals surface area contributed by atoms with Gasteiger partial charge < -0.3 is 19.7 Å². The van der Waals surface area contributed by atoms with Crippen molar-refractivity contribution in [1.29, 1.82) is 0 Å². The highest BCUT2D eigenvalue weighted by atomic mass is 32.2. The molecule has 0 saturated heterocycles. The van der Waals surface area contributed by atoms with E-state index in [1.165, 1.54) is 11.8 Å². The number of fused-ring (bicyclic) bond motifs is 1. The standard InChI is InChI=1S/C31H37N3O6S/c1-4-17-32-31(36)27(18-24-12-7-6-8-13-24)33(20-25-14-10-9-11-23(25)3)30(35)21-34(41(37,38)5-2)26-15-16-28-29(19-26)40-22-39-28/h6-16,19,27H,4-5,17-18,20-22H2,1-3H3,(H,32,36)/t27-/m0/s1. The summed E-state index contributed by atoms with van der Waals surface area (Å²) in [7, 11) is -3.87. The Morgan fingerprint density at radius 3 is 2.37 bits per heavy atom. The number of hydrogen-bond donors (Lipinski definition) is 1. The maximum absolute atomic E-state index is 14.2. The number of carbonyl (C=O) groups excluding carboxylic acids is 2. The highest BCUT2D eigenvalue weighted by Crippen LogP contribution is 2.36. The van der Waals surface area contributed by atoms with Crippen molar-refractivity contribution in [2.45, 2.75) is 46.2 Å². The predicted molar refractivity (Wildman–Crippen MR) is 158 cm³/mol. The molecule has 0 fully saturated rings. The van der Waals surface area contributed by atoms with Gasteiger partial charge in [-0.1, -0.05) is 61.5 Å². The third-order valence-corrected chi connectivity index (χ3v) is 8.79. The molecule has 9 nitrogen and oxygen atoms in total. The second kappa shape index (κ2) is 13.5. The second-order valence-electron chi connectivity index (χ2n) is 9.89. The van der Waals surface area contributed by atoms with Crippen LogP contribution in [0.3, 0.4) is 0 Å². The molecule has 0 aliphatic carbocycles. The van der Waals surface area contributed by atoms with Crippen LogP contribution < -0.4 is 19.1 Å². The van der Waals surface area contributed by atoms with Gasteiger partial charge in [0.05, 0.1) is 11.4 Å². The van der Waals surface area contributed by atoms with Crippen LogP contribution in [0.5, 0.6) is 11.5 Å². The Bertz CT molecular complexity index is 1460. The Labute approximate surface area is 242 Å². The lowest BCUT2D eigenvalue weighted by Gasteiger charge is -2.34. The number of hydrogen-bond acceptors (Lipinski definition) is 6. The summed E-state index contributed by atoms with van der Waals surface area (Å²) in [5, 5.41) is 2.95. The van der Waals surface area contributed by atoms with E-state index in [1.807, 2.05) is 68.4 Å². The van der Waals surface area contributed by atoms with Crippen molar-refractivity contribution < 1.29 is 27.5 Å². The molecule has 0 spiro atoms. The second-order valence-corrected chi connectivity index (χ2v) is 12.1. The number of carbonyl (C=O) groups is 2. The summed E-state index contributed by atoms with van der Waals surface area (Å²) in [5.74, 6) is -0.0765. The number of ether oxygens (including phenoxy) is 2. The number of aryl methyl sites for hydroxylation is 1. The van der Waals surface area contributed by atoms with Crippen molar-refractivity contribution >= 4 is 27.5 Å². The van der Waals surface area contributed by atoms with Crippen LogP contribution in [-0.4, -0.2) is 56.8 Å². The first-order valence-electron chi connectivity index (χ1n) is 13.8. The highest BCUT2D eigenvalue weighted by molar-refractivity contribution is 7.92. The number of amides is 2. The van der Waals surface area contributed by atoms with Crippen molar-refractivity contribution in [3.05, 3.63) is 89.5 Å². The summed E-state index contributed by atoms with van der Waals surface area (Å²) in [4.78, 5) is 29.3. The van der Waals surface area contributed by atoms with Gasteiger partial charge in [-0.2, -0.15) is 0 Å². The summed E-state index contributed by atoms with van der Waals surface area (Å²) in [6.45, 7) is 5.60. The van der Waals surface area contributed by atoms with Gasteiger partial charge in [-0.05, 0) is 49.1 Å². The molecule has 10 heteroatoms. The summed E-state index contributed by atoms with van der Waals surface area (Å²) in [5.41, 5.74) is 3.01. The van der Waals surface area contributed by atoms with Gasteiger partial charge in [0.25, 0.3) is 0 Å². The molecule has 2 amide bonds. The lowest BCUT2D eigenvalue weighted by Crippen LogP contribution is -2.53. The molecule has 0 bridgehead atoms. The molecule has 0 aromatic heterocycles. The summed E-state index contributed by atoms with van der Waals surface area (Å²) in [6.07, 6.45) is 1.01. The average molecular weight is 580 g/mol. The minimum atomic E-state index is -3.87. The Balaban J connectivity index is 1.74. The van der Waals surface area contributed by atoms with E-state index in [0.29, 0.717) is 18.0 Å². The molecular weight excluding hydrogens is 542 g/mol. The Morgan fingerprint density at radius 1 is 0.951 bits per heavy atom. The molecule has 41 heavy (non-hydrogen) atoms. The van der Waals surface area contributed by atoms with Crippen molar-refractivity contribution in [3.63, 3.8) is 0 Å². The summed E-state index contributed by atoms with van der Waals surface area (Å²) >= 11 is 0. The fourth-order valence-corrected chi connectivity index (χ4v) is 5.70. The first kappa shape index (κ1) is 29.9. The molecule has 1 aliphatic rings. The van der Waals surface area contributed by atoms with Crippen LogP contribution >= 0.6 is 0 Å². The van der Waals surface area contributed by atoms with Crippen LogP contribution in [0.4, 0.5) is 5.69 Å². The number of benzene rings is 3. The van der Waals surface area contributed by atoms with Crippen LogP contribution in [-0.2, 0) is 32.6 Å². The van der Waals surface area contributed by atoms with Gasteiger partial charge in [-0.3, -0.25) is 13.9 Å². The molecule has 1 aliphatic heterocycles. The normalized spacial score (nSPS) is 13.0. The largest absolute Gasteiger partial charge is 0.454 e. The van der Waals surface area contributed by atoms with Crippen molar-refractivity contribution in [1.82, 2.24) is 10.2 Å². The zero-order chi connectivity index (χ0) is 29.4. The topological polar surface area (TPSA) is 105 Å². The average Bonchev–Trinajstić information content (AvgIpc) is 3.45. The van der Waals surface area contributed by atoms with Gasteiger partial charge in [0, 0.05) is 25.6 Å². The molecule has 218 valence electrons. The van der Waals surface area contributed by atoms with Gasteiger partial charge in [0.1, 0.15) is 12.6 Å². The van der Waals surface area contributed by atoms with Gasteiger partial charge in [-0.25, -0.2) is 8.42 Å². The highest BCUT2D eigenvalue weighted by Gasteiger charge is 2.34. The van der Waals surface area contributed by atoms with Crippen molar-refractivity contribution in [2.24, 2.45) is 0 Å². The Kier molecular flexibility index (Phi) is 9.88. The third kappa shape index (κ3) is 7.38. The first-order valence-corrected chi connectivity index (χ1v) is 15.4. The molecule has 0 unspecified atom stereocenters. The molecule has 3 aromatic rings. The number of nitrogens with one attached hydrogen (secondary N) is 1. The van der Waals surface area contributed by atoms with E-state index in [9.17, 15) is 18.0 Å². The smallest absolute Gasteiger partial charge is 0.244 e. The van der Waals surface area contributed by atoms with Gasteiger partial charge >= 0.3 is 0 Å². The van der Waals surface area contributed by atoms with E-state index in [4.69, 9.17) is 9.47 Å². The van der Waals surface area contributed by atoms with E-state index >= 15 is 0 Å². The minimum Gasteiger partial charge on any atom is -0.454 e. The molecule has 1 N–H and O–H groups in total. The molecular formula is C31H37N3O6S. The molecule has 1 heterocycles. The Morgan fingerprint density at radius 2 is 1.66 bits per heavy atom. The fraction of sp³-hybridized carbons (Fsp3) is 0.355. The van der Waals surface area contributed by atoms with Crippen molar-refractivity contribution in [2.75, 3.05) is 29.9 Å². The fourth-order valence-electron chi connectivity index (χ4n) is 4.65. The quantitative estimate of drug-likeness (QED) is 0.328. The first-order chi connectivity index (χ1) is 19.7. The number of anilines is 1. The van der Waals surface area contributed by atoms with Crippen LogP contribution in [0.1, 0.15) is 37.0 Å². The minimum absolute atomic E-state index is 0.0382. The number of rotatable bonds is 13. The summed E-state index contributed by atoms with van der Waals surface area (Å²) in [6, 6.07) is 21.1. The van der Waals surface area contributed by atoms with Crippen LogP contribution in [0.25, 0.3) is 0 Å². The molecule has 0 radical (unpaired) electrons. The van der Waals surface area contributed by atoms with E-state index < -0.39 is 28.5 Å². The monoisotopic (exact) mass is 579 g/mol. The number of sulfonamides is 1. The maximum atomic E-state index is 14.2. The van der Waals surface area contributed by atoms with E-state index in [2.05, 4.69) is 5.32 Å². The summed E-state index contributed by atoms with van der Waals surface area (Å²) < 4.78 is 38.6. The zero-order valence-corrected chi connectivity index (χ0v) is 24.5. The lowest BCUT2D eigenvalue weighted by molar-refractivity contribution is -0.140. The molecule has 4 rings (SSSR count). The van der Waals surface area contributed by atoms with Crippen molar-refractivity contribution in [3.8, 4) is 11.5 Å². The lowest BCUT2D eigenvalue weighted by atomic mass is 10.0. The third-order valence-electron chi connectivity index (χ3n) is 7.05. The van der Waals surface area contributed by atoms with E-state index in [1.54, 1.807) is 18.2 Å². The SMILES string of the molecule is CCCNC(=O)[C@H](Cc1ccccc1)N(Cc1ccccc1C)C(=O)CN(c1ccc2c(c1)OCO2)S(=O)(=O)CC.